The number of nitro benzene ring substituents is 1. The summed E-state index contributed by atoms with van der Waals surface area (Å²) in [6.45, 7) is 0. The van der Waals surface area contributed by atoms with E-state index >= 15 is 0 Å². The molecule has 0 aromatic heterocycles. The van der Waals surface area contributed by atoms with Gasteiger partial charge in [0.1, 0.15) is 11.5 Å². The first kappa shape index (κ1) is 14.0. The quantitative estimate of drug-likeness (QED) is 0.691. The third-order valence-electron chi connectivity index (χ3n) is 3.73. The highest BCUT2D eigenvalue weighted by Crippen LogP contribution is 2.44. The second-order valence-corrected chi connectivity index (χ2v) is 5.25. The normalized spacial score (nSPS) is 19.3. The molecule has 0 heterocycles. The predicted molar refractivity (Wildman–Crippen MR) is 79.0 cm³/mol. The number of hydrogen-bond acceptors (Lipinski definition) is 4. The fourth-order valence-corrected chi connectivity index (χ4v) is 2.54. The molecule has 0 unspecified atom stereocenters. The average molecular weight is 297 g/mol. The molecule has 2 aromatic rings. The van der Waals surface area contributed by atoms with Crippen LogP contribution in [-0.4, -0.2) is 11.0 Å². The number of hydrogen-bond donors (Lipinski definition) is 1. The van der Waals surface area contributed by atoms with E-state index in [0.717, 1.165) is 12.0 Å². The Labute approximate surface area is 126 Å². The van der Waals surface area contributed by atoms with E-state index in [1.54, 1.807) is 6.07 Å². The smallest absolute Gasteiger partial charge is 0.292 e. The molecule has 0 spiro atoms. The van der Waals surface area contributed by atoms with Crippen molar-refractivity contribution in [1.29, 1.82) is 5.26 Å². The van der Waals surface area contributed by atoms with E-state index in [4.69, 9.17) is 5.26 Å². The van der Waals surface area contributed by atoms with E-state index in [-0.39, 0.29) is 23.5 Å². The van der Waals surface area contributed by atoms with E-state index in [1.807, 2.05) is 12.1 Å². The largest absolute Gasteiger partial charge is 0.376 e. The molecule has 0 bridgehead atoms. The number of rotatable bonds is 4. The summed E-state index contributed by atoms with van der Waals surface area (Å²) >= 11 is 0. The van der Waals surface area contributed by atoms with Gasteiger partial charge in [-0.25, -0.2) is 4.39 Å². The molecule has 1 saturated carbocycles. The first-order valence-electron chi connectivity index (χ1n) is 6.79. The summed E-state index contributed by atoms with van der Waals surface area (Å²) < 4.78 is 13.2. The Hall–Kier alpha value is -2.94. The van der Waals surface area contributed by atoms with Gasteiger partial charge in [-0.2, -0.15) is 5.26 Å². The lowest BCUT2D eigenvalue weighted by Crippen LogP contribution is -2.07. The zero-order chi connectivity index (χ0) is 15.7. The van der Waals surface area contributed by atoms with Crippen molar-refractivity contribution in [2.24, 2.45) is 0 Å². The van der Waals surface area contributed by atoms with E-state index in [9.17, 15) is 14.5 Å². The van der Waals surface area contributed by atoms with E-state index in [1.165, 1.54) is 30.3 Å². The Balaban J connectivity index is 1.80. The molecule has 1 N–H and O–H groups in total. The van der Waals surface area contributed by atoms with Crippen LogP contribution >= 0.6 is 0 Å². The number of nitrogens with one attached hydrogen (secondary N) is 1. The number of anilines is 1. The predicted octanol–water partition coefficient (Wildman–Crippen LogP) is 3.57. The summed E-state index contributed by atoms with van der Waals surface area (Å²) in [5, 5.41) is 23.1. The molecule has 6 heteroatoms. The van der Waals surface area contributed by atoms with Crippen LogP contribution in [-0.2, 0) is 0 Å². The molecule has 1 aliphatic carbocycles. The van der Waals surface area contributed by atoms with Gasteiger partial charge in [-0.1, -0.05) is 12.1 Å². The number of nitro groups is 1. The van der Waals surface area contributed by atoms with Crippen LogP contribution in [0.25, 0.3) is 0 Å². The molecule has 1 fully saturated rings. The van der Waals surface area contributed by atoms with Crippen molar-refractivity contribution in [2.75, 3.05) is 5.32 Å². The SMILES string of the molecule is N#Cc1ccc([N+](=O)[O-])c(N[C@@H]2C[C@H]2c2cccc(F)c2)c1. The van der Waals surface area contributed by atoms with Gasteiger partial charge in [0.2, 0.25) is 0 Å². The molecule has 22 heavy (non-hydrogen) atoms. The number of halogens is 1. The Kier molecular flexibility index (Phi) is 3.47. The summed E-state index contributed by atoms with van der Waals surface area (Å²) in [6.07, 6.45) is 0.775. The zero-order valence-corrected chi connectivity index (χ0v) is 11.5. The maximum absolute atomic E-state index is 13.2. The van der Waals surface area contributed by atoms with Crippen molar-refractivity contribution in [2.45, 2.75) is 18.4 Å². The first-order chi connectivity index (χ1) is 10.6. The van der Waals surface area contributed by atoms with E-state index in [0.29, 0.717) is 11.3 Å². The van der Waals surface area contributed by atoms with Crippen LogP contribution in [0.5, 0.6) is 0 Å². The topological polar surface area (TPSA) is 79.0 Å². The molecule has 110 valence electrons. The minimum Gasteiger partial charge on any atom is -0.376 e. The molecule has 0 aliphatic heterocycles. The minimum absolute atomic E-state index is 0.00874. The molecular formula is C16H12FN3O2. The molecule has 2 aromatic carbocycles. The molecule has 1 aliphatic rings. The summed E-state index contributed by atoms with van der Waals surface area (Å²) in [5.41, 5.74) is 1.49. The second-order valence-electron chi connectivity index (χ2n) is 5.25. The van der Waals surface area contributed by atoms with Crippen molar-refractivity contribution in [3.8, 4) is 6.07 Å². The lowest BCUT2D eigenvalue weighted by atomic mass is 10.1. The monoisotopic (exact) mass is 297 g/mol. The van der Waals surface area contributed by atoms with Gasteiger partial charge in [-0.3, -0.25) is 10.1 Å². The lowest BCUT2D eigenvalue weighted by Gasteiger charge is -2.07. The van der Waals surface area contributed by atoms with Crippen molar-refractivity contribution in [3.05, 3.63) is 69.5 Å². The Morgan fingerprint density at radius 1 is 1.32 bits per heavy atom. The van der Waals surface area contributed by atoms with Crippen LogP contribution in [0.1, 0.15) is 23.5 Å². The third kappa shape index (κ3) is 2.74. The van der Waals surface area contributed by atoms with E-state index < -0.39 is 4.92 Å². The highest BCUT2D eigenvalue weighted by molar-refractivity contribution is 5.65. The zero-order valence-electron chi connectivity index (χ0n) is 11.5. The summed E-state index contributed by atoms with van der Waals surface area (Å²) in [7, 11) is 0. The fourth-order valence-electron chi connectivity index (χ4n) is 2.54. The molecule has 3 rings (SSSR count). The van der Waals surface area contributed by atoms with Crippen LogP contribution in [0.2, 0.25) is 0 Å². The maximum atomic E-state index is 13.2. The van der Waals surface area contributed by atoms with Crippen LogP contribution in [0.3, 0.4) is 0 Å². The maximum Gasteiger partial charge on any atom is 0.292 e. The van der Waals surface area contributed by atoms with Gasteiger partial charge in [0.05, 0.1) is 16.6 Å². The molecule has 0 radical (unpaired) electrons. The Morgan fingerprint density at radius 3 is 2.82 bits per heavy atom. The lowest BCUT2D eigenvalue weighted by molar-refractivity contribution is -0.384. The van der Waals surface area contributed by atoms with Crippen molar-refractivity contribution in [1.82, 2.24) is 0 Å². The van der Waals surface area contributed by atoms with Gasteiger partial charge in [0, 0.05) is 18.0 Å². The van der Waals surface area contributed by atoms with Crippen LogP contribution in [0.4, 0.5) is 15.8 Å². The first-order valence-corrected chi connectivity index (χ1v) is 6.79. The second kappa shape index (κ2) is 5.45. The standard InChI is InChI=1S/C16H12FN3O2/c17-12-3-1-2-11(7-12)13-8-14(13)19-15-6-10(9-18)4-5-16(15)20(21)22/h1-7,13-14,19H,8H2/t13-,14+/m0/s1. The molecule has 0 amide bonds. The van der Waals surface area contributed by atoms with Gasteiger partial charge in [0.15, 0.2) is 0 Å². The highest BCUT2D eigenvalue weighted by Gasteiger charge is 2.39. The molecule has 5 nitrogen and oxygen atoms in total. The van der Waals surface area contributed by atoms with Crippen LogP contribution in [0, 0.1) is 27.3 Å². The summed E-state index contributed by atoms with van der Waals surface area (Å²) in [6, 6.07) is 12.5. The van der Waals surface area contributed by atoms with Crippen LogP contribution < -0.4 is 5.32 Å². The molecule has 0 saturated heterocycles. The van der Waals surface area contributed by atoms with Crippen molar-refractivity contribution >= 4 is 11.4 Å². The highest BCUT2D eigenvalue weighted by atomic mass is 19.1. The van der Waals surface area contributed by atoms with Crippen molar-refractivity contribution in [3.63, 3.8) is 0 Å². The fraction of sp³-hybridized carbons (Fsp3) is 0.188. The summed E-state index contributed by atoms with van der Waals surface area (Å²) in [5.74, 6) is -0.165. The Bertz CT molecular complexity index is 785. The number of nitrogens with zero attached hydrogens (tertiary/aromatic N) is 2. The minimum atomic E-state index is -0.483. The van der Waals surface area contributed by atoms with Gasteiger partial charge in [-0.15, -0.1) is 0 Å². The van der Waals surface area contributed by atoms with Gasteiger partial charge < -0.3 is 5.32 Å². The number of nitriles is 1. The Morgan fingerprint density at radius 2 is 2.14 bits per heavy atom. The summed E-state index contributed by atoms with van der Waals surface area (Å²) in [4.78, 5) is 10.6. The third-order valence-corrected chi connectivity index (χ3v) is 3.73. The van der Waals surface area contributed by atoms with Gasteiger partial charge >= 0.3 is 0 Å². The van der Waals surface area contributed by atoms with Gasteiger partial charge in [0.25, 0.3) is 5.69 Å². The van der Waals surface area contributed by atoms with E-state index in [2.05, 4.69) is 5.32 Å². The number of benzene rings is 2. The molecule has 2 atom stereocenters. The van der Waals surface area contributed by atoms with Gasteiger partial charge in [-0.05, 0) is 36.2 Å². The average Bonchev–Trinajstić information content (AvgIpc) is 3.26. The molecular weight excluding hydrogens is 285 g/mol. The van der Waals surface area contributed by atoms with Crippen molar-refractivity contribution < 1.29 is 9.31 Å². The van der Waals surface area contributed by atoms with Crippen LogP contribution in [0.15, 0.2) is 42.5 Å².